The van der Waals surface area contributed by atoms with E-state index in [4.69, 9.17) is 0 Å². The third-order valence-corrected chi connectivity index (χ3v) is 4.60. The normalized spacial score (nSPS) is 11.2. The Kier molecular flexibility index (Phi) is 3.91. The van der Waals surface area contributed by atoms with Crippen molar-refractivity contribution in [3.8, 4) is 23.0 Å². The maximum absolute atomic E-state index is 13.0. The van der Waals surface area contributed by atoms with Gasteiger partial charge in [-0.2, -0.15) is 10.4 Å². The molecule has 0 amide bonds. The molecule has 24 heavy (non-hydrogen) atoms. The first-order valence-corrected chi connectivity index (χ1v) is 8.84. The van der Waals surface area contributed by atoms with Crippen molar-refractivity contribution in [1.29, 1.82) is 5.26 Å². The molecular weight excluding hydrogens is 329 g/mol. The van der Waals surface area contributed by atoms with Crippen molar-refractivity contribution in [3.05, 3.63) is 66.1 Å². The summed E-state index contributed by atoms with van der Waals surface area (Å²) < 4.78 is 37.5. The summed E-state index contributed by atoms with van der Waals surface area (Å²) in [6, 6.07) is 15.5. The predicted octanol–water partition coefficient (Wildman–Crippen LogP) is 2.95. The molecule has 3 rings (SSSR count). The first-order chi connectivity index (χ1) is 11.4. The van der Waals surface area contributed by atoms with Crippen molar-refractivity contribution >= 4 is 9.84 Å². The summed E-state index contributed by atoms with van der Waals surface area (Å²) in [5.41, 5.74) is 2.06. The maximum Gasteiger partial charge on any atom is 0.175 e. The second kappa shape index (κ2) is 5.91. The van der Waals surface area contributed by atoms with Gasteiger partial charge in [-0.25, -0.2) is 17.5 Å². The van der Waals surface area contributed by atoms with E-state index in [9.17, 15) is 18.1 Å². The van der Waals surface area contributed by atoms with Crippen LogP contribution in [-0.4, -0.2) is 24.5 Å². The Morgan fingerprint density at radius 3 is 2.25 bits per heavy atom. The molecule has 0 saturated heterocycles. The molecule has 0 saturated carbocycles. The minimum absolute atomic E-state index is 0.213. The van der Waals surface area contributed by atoms with E-state index < -0.39 is 9.84 Å². The topological polar surface area (TPSA) is 75.8 Å². The van der Waals surface area contributed by atoms with Gasteiger partial charge >= 0.3 is 0 Å². The second-order valence-corrected chi connectivity index (χ2v) is 7.23. The van der Waals surface area contributed by atoms with Crippen molar-refractivity contribution in [1.82, 2.24) is 9.78 Å². The molecule has 0 unspecified atom stereocenters. The summed E-state index contributed by atoms with van der Waals surface area (Å²) in [5, 5.41) is 13.6. The number of nitriles is 1. The predicted molar refractivity (Wildman–Crippen MR) is 86.8 cm³/mol. The molecule has 0 N–H and O–H groups in total. The Morgan fingerprint density at radius 1 is 1.08 bits per heavy atom. The second-order valence-electron chi connectivity index (χ2n) is 5.21. The van der Waals surface area contributed by atoms with Crippen LogP contribution in [0.1, 0.15) is 5.69 Å². The first-order valence-electron chi connectivity index (χ1n) is 6.95. The molecule has 0 atom stereocenters. The smallest absolute Gasteiger partial charge is 0.175 e. The van der Waals surface area contributed by atoms with Gasteiger partial charge in [-0.3, -0.25) is 0 Å². The Labute approximate surface area is 138 Å². The Morgan fingerprint density at radius 2 is 1.71 bits per heavy atom. The Hall–Kier alpha value is -2.98. The fourth-order valence-electron chi connectivity index (χ4n) is 2.25. The van der Waals surface area contributed by atoms with Gasteiger partial charge < -0.3 is 0 Å². The highest BCUT2D eigenvalue weighted by atomic mass is 32.2. The third-order valence-electron chi connectivity index (χ3n) is 3.47. The summed E-state index contributed by atoms with van der Waals surface area (Å²) in [7, 11) is -3.27. The van der Waals surface area contributed by atoms with Crippen molar-refractivity contribution in [2.75, 3.05) is 6.26 Å². The van der Waals surface area contributed by atoms with Gasteiger partial charge in [0.2, 0.25) is 0 Å². The highest BCUT2D eigenvalue weighted by Gasteiger charge is 2.12. The van der Waals surface area contributed by atoms with Crippen LogP contribution >= 0.6 is 0 Å². The zero-order valence-corrected chi connectivity index (χ0v) is 13.5. The number of rotatable bonds is 3. The SMILES string of the molecule is CS(=O)(=O)c1ccc(-c2cc(C#N)n(-c3ccc(F)cc3)n2)cc1. The molecule has 0 radical (unpaired) electrons. The van der Waals surface area contributed by atoms with Crippen LogP contribution < -0.4 is 0 Å². The molecule has 0 aliphatic carbocycles. The minimum Gasteiger partial charge on any atom is -0.224 e. The number of benzene rings is 2. The highest BCUT2D eigenvalue weighted by Crippen LogP contribution is 2.23. The molecule has 2 aromatic carbocycles. The van der Waals surface area contributed by atoms with E-state index in [1.807, 2.05) is 6.07 Å². The Bertz CT molecular complexity index is 1030. The molecule has 0 bridgehead atoms. The molecule has 0 aliphatic rings. The average Bonchev–Trinajstić information content (AvgIpc) is 2.99. The highest BCUT2D eigenvalue weighted by molar-refractivity contribution is 7.90. The van der Waals surface area contributed by atoms with E-state index in [2.05, 4.69) is 5.10 Å². The van der Waals surface area contributed by atoms with Gasteiger partial charge in [0.1, 0.15) is 17.6 Å². The van der Waals surface area contributed by atoms with Gasteiger partial charge in [0, 0.05) is 17.9 Å². The lowest BCUT2D eigenvalue weighted by Gasteiger charge is -2.03. The molecule has 3 aromatic rings. The quantitative estimate of drug-likeness (QED) is 0.734. The van der Waals surface area contributed by atoms with Gasteiger partial charge in [0.15, 0.2) is 9.84 Å². The van der Waals surface area contributed by atoms with Gasteiger partial charge in [0.05, 0.1) is 16.3 Å². The van der Waals surface area contributed by atoms with Gasteiger partial charge in [-0.1, -0.05) is 12.1 Å². The number of nitrogens with zero attached hydrogens (tertiary/aromatic N) is 3. The average molecular weight is 341 g/mol. The summed E-state index contributed by atoms with van der Waals surface area (Å²) in [5.74, 6) is -0.374. The fraction of sp³-hybridized carbons (Fsp3) is 0.0588. The van der Waals surface area contributed by atoms with E-state index in [1.165, 1.54) is 41.1 Å². The van der Waals surface area contributed by atoms with E-state index in [0.29, 0.717) is 22.6 Å². The molecule has 1 aromatic heterocycles. The summed E-state index contributed by atoms with van der Waals surface area (Å²) in [4.78, 5) is 0.213. The van der Waals surface area contributed by atoms with E-state index in [1.54, 1.807) is 18.2 Å². The lowest BCUT2D eigenvalue weighted by Crippen LogP contribution is -1.99. The molecule has 120 valence electrons. The number of halogens is 1. The maximum atomic E-state index is 13.0. The van der Waals surface area contributed by atoms with E-state index >= 15 is 0 Å². The van der Waals surface area contributed by atoms with E-state index in [-0.39, 0.29) is 10.7 Å². The number of hydrogen-bond acceptors (Lipinski definition) is 4. The fourth-order valence-corrected chi connectivity index (χ4v) is 2.88. The van der Waals surface area contributed by atoms with Gasteiger partial charge in [-0.15, -0.1) is 0 Å². The van der Waals surface area contributed by atoms with Crippen LogP contribution in [0.3, 0.4) is 0 Å². The summed E-state index contributed by atoms with van der Waals surface area (Å²) in [6.07, 6.45) is 1.14. The lowest BCUT2D eigenvalue weighted by molar-refractivity contribution is 0.602. The van der Waals surface area contributed by atoms with Crippen LogP contribution in [0.15, 0.2) is 59.5 Å². The molecule has 0 fully saturated rings. The zero-order chi connectivity index (χ0) is 17.3. The van der Waals surface area contributed by atoms with E-state index in [0.717, 1.165) is 6.26 Å². The van der Waals surface area contributed by atoms with Gasteiger partial charge in [-0.05, 0) is 36.4 Å². The van der Waals surface area contributed by atoms with Gasteiger partial charge in [0.25, 0.3) is 0 Å². The number of aromatic nitrogens is 2. The van der Waals surface area contributed by atoms with Crippen molar-refractivity contribution in [2.24, 2.45) is 0 Å². The largest absolute Gasteiger partial charge is 0.224 e. The number of hydrogen-bond donors (Lipinski definition) is 0. The first kappa shape index (κ1) is 15.9. The Balaban J connectivity index is 2.04. The molecule has 1 heterocycles. The molecule has 5 nitrogen and oxygen atoms in total. The summed E-state index contributed by atoms with van der Waals surface area (Å²) in [6.45, 7) is 0. The van der Waals surface area contributed by atoms with Crippen LogP contribution in [0, 0.1) is 17.1 Å². The molecule has 0 aliphatic heterocycles. The monoisotopic (exact) mass is 341 g/mol. The van der Waals surface area contributed by atoms with Crippen LogP contribution in [0.25, 0.3) is 16.9 Å². The van der Waals surface area contributed by atoms with Crippen molar-refractivity contribution in [3.63, 3.8) is 0 Å². The van der Waals surface area contributed by atoms with Crippen LogP contribution in [0.4, 0.5) is 4.39 Å². The third kappa shape index (κ3) is 3.05. The summed E-state index contributed by atoms with van der Waals surface area (Å²) >= 11 is 0. The van der Waals surface area contributed by atoms with Crippen molar-refractivity contribution < 1.29 is 12.8 Å². The van der Waals surface area contributed by atoms with Crippen LogP contribution in [0.5, 0.6) is 0 Å². The zero-order valence-electron chi connectivity index (χ0n) is 12.6. The van der Waals surface area contributed by atoms with Crippen molar-refractivity contribution in [2.45, 2.75) is 4.90 Å². The molecule has 0 spiro atoms. The minimum atomic E-state index is -3.27. The van der Waals surface area contributed by atoms with Crippen LogP contribution in [-0.2, 0) is 9.84 Å². The number of sulfone groups is 1. The lowest BCUT2D eigenvalue weighted by atomic mass is 10.1. The standard InChI is InChI=1S/C17H12FN3O2S/c1-24(22,23)16-8-2-12(3-9-16)17-10-15(11-19)21(20-17)14-6-4-13(18)5-7-14/h2-10H,1H3. The molecule has 7 heteroatoms. The van der Waals surface area contributed by atoms with Crippen LogP contribution in [0.2, 0.25) is 0 Å². The molecular formula is C17H12FN3O2S.